The molecular formula is C19H28N3O7P. The SMILES string of the molecule is CCOP(=O)(O)CC[C@H]1O[C@H](Oc2ccc(N=[N+]=[N-])cc2)[C@@H](C)[C@@H](C)[C@@H]1OC(C)=O. The molecule has 1 saturated heterocycles. The van der Waals surface area contributed by atoms with Crippen molar-refractivity contribution in [2.75, 3.05) is 12.8 Å². The zero-order chi connectivity index (χ0) is 22.3. The molecule has 0 bridgehead atoms. The van der Waals surface area contributed by atoms with Crippen LogP contribution in [0.15, 0.2) is 29.4 Å². The molecule has 166 valence electrons. The van der Waals surface area contributed by atoms with E-state index in [-0.39, 0.29) is 31.0 Å². The lowest BCUT2D eigenvalue weighted by atomic mass is 9.83. The fourth-order valence-electron chi connectivity index (χ4n) is 3.34. The highest BCUT2D eigenvalue weighted by Crippen LogP contribution is 2.44. The van der Waals surface area contributed by atoms with E-state index in [0.717, 1.165) is 0 Å². The number of carbonyl (C=O) groups is 1. The predicted octanol–water partition coefficient (Wildman–Crippen LogP) is 4.55. The van der Waals surface area contributed by atoms with Gasteiger partial charge in [0.15, 0.2) is 0 Å². The Morgan fingerprint density at radius 2 is 1.97 bits per heavy atom. The molecule has 1 aliphatic heterocycles. The number of hydrogen-bond donors (Lipinski definition) is 1. The highest BCUT2D eigenvalue weighted by atomic mass is 31.2. The van der Waals surface area contributed by atoms with E-state index in [2.05, 4.69) is 10.0 Å². The minimum atomic E-state index is -3.75. The van der Waals surface area contributed by atoms with Crippen LogP contribution in [0.3, 0.4) is 0 Å². The topological polar surface area (TPSA) is 140 Å². The molecule has 0 spiro atoms. The zero-order valence-corrected chi connectivity index (χ0v) is 18.4. The second kappa shape index (κ2) is 10.8. The third-order valence-corrected chi connectivity index (χ3v) is 6.52. The molecule has 0 aliphatic carbocycles. The van der Waals surface area contributed by atoms with Gasteiger partial charge in [-0.2, -0.15) is 0 Å². The fourth-order valence-corrected chi connectivity index (χ4v) is 4.45. The summed E-state index contributed by atoms with van der Waals surface area (Å²) < 4.78 is 34.5. The third kappa shape index (κ3) is 6.72. The first-order valence-corrected chi connectivity index (χ1v) is 11.5. The van der Waals surface area contributed by atoms with Gasteiger partial charge in [-0.3, -0.25) is 9.36 Å². The summed E-state index contributed by atoms with van der Waals surface area (Å²) in [5.41, 5.74) is 8.95. The quantitative estimate of drug-likeness (QED) is 0.195. The van der Waals surface area contributed by atoms with Gasteiger partial charge >= 0.3 is 13.6 Å². The molecule has 1 aromatic carbocycles. The van der Waals surface area contributed by atoms with Crippen molar-refractivity contribution in [1.29, 1.82) is 0 Å². The lowest BCUT2D eigenvalue weighted by molar-refractivity contribution is -0.239. The van der Waals surface area contributed by atoms with E-state index in [1.165, 1.54) is 6.92 Å². The number of hydrogen-bond acceptors (Lipinski definition) is 7. The molecular weight excluding hydrogens is 413 g/mol. The van der Waals surface area contributed by atoms with Gasteiger partial charge in [0.25, 0.3) is 0 Å². The molecule has 0 saturated carbocycles. The van der Waals surface area contributed by atoms with Gasteiger partial charge < -0.3 is 23.6 Å². The Hall–Kier alpha value is -2.09. The Morgan fingerprint density at radius 1 is 1.30 bits per heavy atom. The summed E-state index contributed by atoms with van der Waals surface area (Å²) in [7, 11) is -3.75. The molecule has 2 rings (SSSR count). The van der Waals surface area contributed by atoms with Gasteiger partial charge in [0.2, 0.25) is 6.29 Å². The van der Waals surface area contributed by atoms with Crippen molar-refractivity contribution in [2.45, 2.75) is 52.6 Å². The summed E-state index contributed by atoms with van der Waals surface area (Å²) in [6.07, 6.45) is -1.83. The van der Waals surface area contributed by atoms with E-state index in [1.54, 1.807) is 31.2 Å². The first kappa shape index (κ1) is 24.2. The normalized spacial score (nSPS) is 28.1. The number of rotatable bonds is 9. The molecule has 1 heterocycles. The second-order valence-electron chi connectivity index (χ2n) is 7.20. The van der Waals surface area contributed by atoms with E-state index >= 15 is 0 Å². The molecule has 0 amide bonds. The number of carbonyl (C=O) groups excluding carboxylic acids is 1. The molecule has 0 aromatic heterocycles. The largest absolute Gasteiger partial charge is 0.465 e. The average molecular weight is 441 g/mol. The Bertz CT molecular complexity index is 813. The van der Waals surface area contributed by atoms with Crippen molar-refractivity contribution < 1.29 is 33.0 Å². The van der Waals surface area contributed by atoms with E-state index in [0.29, 0.717) is 11.4 Å². The zero-order valence-electron chi connectivity index (χ0n) is 17.5. The van der Waals surface area contributed by atoms with Crippen LogP contribution in [0.4, 0.5) is 5.69 Å². The third-order valence-electron chi connectivity index (χ3n) is 5.03. The maximum atomic E-state index is 12.1. The van der Waals surface area contributed by atoms with Crippen LogP contribution in [0, 0.1) is 11.8 Å². The molecule has 11 heteroatoms. The highest BCUT2D eigenvalue weighted by molar-refractivity contribution is 7.52. The first-order valence-electron chi connectivity index (χ1n) is 9.77. The maximum absolute atomic E-state index is 12.1. The fraction of sp³-hybridized carbons (Fsp3) is 0.632. The smallest absolute Gasteiger partial charge is 0.328 e. The van der Waals surface area contributed by atoms with Crippen LogP contribution in [-0.4, -0.2) is 42.1 Å². The van der Waals surface area contributed by atoms with E-state index in [1.807, 2.05) is 13.8 Å². The van der Waals surface area contributed by atoms with Gasteiger partial charge in [0.1, 0.15) is 11.9 Å². The van der Waals surface area contributed by atoms with E-state index in [4.69, 9.17) is 24.3 Å². The predicted molar refractivity (Wildman–Crippen MR) is 109 cm³/mol. The lowest BCUT2D eigenvalue weighted by Gasteiger charge is -2.43. The molecule has 1 fully saturated rings. The van der Waals surface area contributed by atoms with Crippen molar-refractivity contribution in [2.24, 2.45) is 17.0 Å². The Morgan fingerprint density at radius 3 is 2.53 bits per heavy atom. The van der Waals surface area contributed by atoms with Gasteiger partial charge in [-0.1, -0.05) is 19.0 Å². The number of nitrogens with zero attached hydrogens (tertiary/aromatic N) is 3. The summed E-state index contributed by atoms with van der Waals surface area (Å²) in [5.74, 6) is -0.180. The summed E-state index contributed by atoms with van der Waals surface area (Å²) in [6.45, 7) is 6.93. The molecule has 1 N–H and O–H groups in total. The molecule has 10 nitrogen and oxygen atoms in total. The standard InChI is InChI=1S/C19H28N3O7P/c1-5-26-30(24,25)11-10-17-18(27-14(4)23)12(2)13(3)19(29-17)28-16-8-6-15(7-9-16)21-22-20/h6-9,12-13,17-19H,5,10-11H2,1-4H3,(H,24,25)/t12-,13+,17-,18+,19+/m1/s1. The molecule has 30 heavy (non-hydrogen) atoms. The molecule has 0 radical (unpaired) electrons. The molecule has 1 aromatic rings. The highest BCUT2D eigenvalue weighted by Gasteiger charge is 2.45. The van der Waals surface area contributed by atoms with Gasteiger partial charge in [-0.25, -0.2) is 0 Å². The van der Waals surface area contributed by atoms with Gasteiger partial charge in [-0.05, 0) is 43.1 Å². The van der Waals surface area contributed by atoms with E-state index < -0.39 is 32.1 Å². The van der Waals surface area contributed by atoms with Gasteiger partial charge in [0, 0.05) is 29.4 Å². The number of benzene rings is 1. The average Bonchev–Trinajstić information content (AvgIpc) is 2.68. The lowest BCUT2D eigenvalue weighted by Crippen LogP contribution is -2.52. The second-order valence-corrected chi connectivity index (χ2v) is 9.18. The van der Waals surface area contributed by atoms with Crippen LogP contribution in [0.1, 0.15) is 34.1 Å². The summed E-state index contributed by atoms with van der Waals surface area (Å²) >= 11 is 0. The Labute approximate surface area is 175 Å². The summed E-state index contributed by atoms with van der Waals surface area (Å²) in [5, 5.41) is 3.52. The minimum Gasteiger partial charge on any atom is -0.465 e. The van der Waals surface area contributed by atoms with Crippen LogP contribution >= 0.6 is 7.60 Å². The van der Waals surface area contributed by atoms with Crippen molar-refractivity contribution >= 4 is 19.3 Å². The van der Waals surface area contributed by atoms with Crippen LogP contribution in [0.5, 0.6) is 5.75 Å². The van der Waals surface area contributed by atoms with Crippen LogP contribution < -0.4 is 4.74 Å². The van der Waals surface area contributed by atoms with Gasteiger partial charge in [-0.15, -0.1) is 0 Å². The monoisotopic (exact) mass is 441 g/mol. The molecule has 1 unspecified atom stereocenters. The van der Waals surface area contributed by atoms with Crippen LogP contribution in [0.2, 0.25) is 0 Å². The molecule has 1 aliphatic rings. The van der Waals surface area contributed by atoms with Crippen molar-refractivity contribution in [1.82, 2.24) is 0 Å². The number of azide groups is 1. The van der Waals surface area contributed by atoms with E-state index in [9.17, 15) is 14.3 Å². The number of ether oxygens (including phenoxy) is 3. The van der Waals surface area contributed by atoms with Crippen molar-refractivity contribution in [3.05, 3.63) is 34.7 Å². The summed E-state index contributed by atoms with van der Waals surface area (Å²) in [6, 6.07) is 6.56. The first-order chi connectivity index (χ1) is 14.2. The van der Waals surface area contributed by atoms with Crippen LogP contribution in [-0.2, 0) is 23.4 Å². The Kier molecular flexibility index (Phi) is 8.70. The maximum Gasteiger partial charge on any atom is 0.328 e. The summed E-state index contributed by atoms with van der Waals surface area (Å²) in [4.78, 5) is 24.2. The molecule has 6 atom stereocenters. The number of esters is 1. The van der Waals surface area contributed by atoms with Crippen molar-refractivity contribution in [3.8, 4) is 5.75 Å². The van der Waals surface area contributed by atoms with Crippen LogP contribution in [0.25, 0.3) is 10.4 Å². The minimum absolute atomic E-state index is 0.120. The van der Waals surface area contributed by atoms with Crippen molar-refractivity contribution in [3.63, 3.8) is 0 Å². The van der Waals surface area contributed by atoms with Gasteiger partial charge in [0.05, 0.1) is 18.9 Å². The Balaban J connectivity index is 2.16.